The van der Waals surface area contributed by atoms with E-state index in [1.54, 1.807) is 24.3 Å². The van der Waals surface area contributed by atoms with E-state index in [2.05, 4.69) is 15.6 Å². The van der Waals surface area contributed by atoms with Gasteiger partial charge in [0.1, 0.15) is 0 Å². The number of nitrogens with one attached hydrogen (secondary N) is 3. The average Bonchev–Trinajstić information content (AvgIpc) is 3.36. The number of benzene rings is 1. The summed E-state index contributed by atoms with van der Waals surface area (Å²) in [6, 6.07) is 7.91. The number of hydrogen-bond donors (Lipinski definition) is 3. The fraction of sp³-hybridized carbons (Fsp3) is 0.333. The van der Waals surface area contributed by atoms with Gasteiger partial charge in [-0.2, -0.15) is 4.72 Å². The highest BCUT2D eigenvalue weighted by Gasteiger charge is 2.30. The van der Waals surface area contributed by atoms with Crippen LogP contribution in [0.3, 0.4) is 0 Å². The van der Waals surface area contributed by atoms with Crippen molar-refractivity contribution in [3.63, 3.8) is 0 Å². The van der Waals surface area contributed by atoms with Gasteiger partial charge in [0.05, 0.1) is 6.04 Å². The number of carbonyl (C=O) groups excluding carboxylic acids is 2. The molecular weight excluding hydrogens is 318 g/mol. The summed E-state index contributed by atoms with van der Waals surface area (Å²) in [4.78, 5) is 23.2. The summed E-state index contributed by atoms with van der Waals surface area (Å²) in [6.07, 6.45) is 3.06. The minimum absolute atomic E-state index is 0.0453. The molecule has 0 bridgehead atoms. The van der Waals surface area contributed by atoms with E-state index in [-0.39, 0.29) is 11.8 Å². The summed E-state index contributed by atoms with van der Waals surface area (Å²) >= 11 is 0. The van der Waals surface area contributed by atoms with Crippen molar-refractivity contribution in [1.82, 2.24) is 15.6 Å². The Morgan fingerprint density at radius 2 is 1.83 bits per heavy atom. The number of carbonyl (C=O) groups is 2. The largest absolute Gasteiger partial charge is 0.273 e. The average molecular weight is 337 g/mol. The molecule has 2 amide bonds. The molecule has 1 aromatic rings. The first kappa shape index (κ1) is 17.2. The van der Waals surface area contributed by atoms with Crippen LogP contribution in [-0.2, 0) is 19.6 Å². The van der Waals surface area contributed by atoms with E-state index in [9.17, 15) is 18.0 Å². The van der Waals surface area contributed by atoms with Crippen molar-refractivity contribution in [1.29, 1.82) is 0 Å². The van der Waals surface area contributed by atoms with Crippen molar-refractivity contribution in [2.75, 3.05) is 0 Å². The normalized spacial score (nSPS) is 16.0. The quantitative estimate of drug-likeness (QED) is 0.658. The van der Waals surface area contributed by atoms with Crippen LogP contribution in [0.2, 0.25) is 0 Å². The molecule has 0 aliphatic heterocycles. The van der Waals surface area contributed by atoms with E-state index in [4.69, 9.17) is 0 Å². The van der Waals surface area contributed by atoms with Crippen molar-refractivity contribution in [2.45, 2.75) is 25.8 Å². The third-order valence-electron chi connectivity index (χ3n) is 3.23. The van der Waals surface area contributed by atoms with Gasteiger partial charge in [-0.1, -0.05) is 30.3 Å². The van der Waals surface area contributed by atoms with Crippen molar-refractivity contribution in [3.05, 3.63) is 41.3 Å². The second kappa shape index (κ2) is 7.38. The molecule has 8 heteroatoms. The summed E-state index contributed by atoms with van der Waals surface area (Å²) in [5.41, 5.74) is 5.22. The maximum atomic E-state index is 11.9. The van der Waals surface area contributed by atoms with E-state index < -0.39 is 22.0 Å². The predicted octanol–water partition coefficient (Wildman–Crippen LogP) is 0.523. The van der Waals surface area contributed by atoms with E-state index in [1.165, 1.54) is 13.0 Å². The molecule has 124 valence electrons. The molecule has 1 unspecified atom stereocenters. The molecule has 0 spiro atoms. The summed E-state index contributed by atoms with van der Waals surface area (Å²) in [5, 5.41) is 0.995. The van der Waals surface area contributed by atoms with Crippen LogP contribution in [-0.4, -0.2) is 26.3 Å². The van der Waals surface area contributed by atoms with E-state index in [0.29, 0.717) is 0 Å². The summed E-state index contributed by atoms with van der Waals surface area (Å²) in [7, 11) is -3.77. The standard InChI is InChI=1S/C15H19N3O4S/c1-11(14(19)16-17-15(20)13-7-8-13)18-23(21,22)10-9-12-5-3-2-4-6-12/h2-6,9-11,13,18H,7-8H2,1H3,(H,16,19)(H,17,20). The molecular formula is C15H19N3O4S. The van der Waals surface area contributed by atoms with Gasteiger partial charge in [0.15, 0.2) is 0 Å². The fourth-order valence-corrected chi connectivity index (χ4v) is 2.77. The highest BCUT2D eigenvalue weighted by molar-refractivity contribution is 7.92. The minimum Gasteiger partial charge on any atom is -0.273 e. The Hall–Kier alpha value is -2.19. The Bertz CT molecular complexity index is 697. The van der Waals surface area contributed by atoms with Gasteiger partial charge in [0.2, 0.25) is 15.9 Å². The lowest BCUT2D eigenvalue weighted by Gasteiger charge is -2.13. The Morgan fingerprint density at radius 1 is 1.17 bits per heavy atom. The lowest BCUT2D eigenvalue weighted by Crippen LogP contribution is -2.51. The summed E-state index contributed by atoms with van der Waals surface area (Å²) in [5.74, 6) is -0.927. The molecule has 0 heterocycles. The van der Waals surface area contributed by atoms with Crippen LogP contribution < -0.4 is 15.6 Å². The number of amides is 2. The lowest BCUT2D eigenvalue weighted by molar-refractivity contribution is -0.130. The van der Waals surface area contributed by atoms with Gasteiger partial charge in [-0.05, 0) is 31.4 Å². The molecule has 0 aromatic heterocycles. The van der Waals surface area contributed by atoms with Crippen LogP contribution in [0.1, 0.15) is 25.3 Å². The first-order valence-electron chi connectivity index (χ1n) is 7.22. The molecule has 0 saturated heterocycles. The zero-order valence-electron chi connectivity index (χ0n) is 12.7. The molecule has 0 radical (unpaired) electrons. The molecule has 1 aliphatic rings. The molecule has 1 aromatic carbocycles. The maximum absolute atomic E-state index is 11.9. The molecule has 1 aliphatic carbocycles. The van der Waals surface area contributed by atoms with Crippen molar-refractivity contribution in [2.24, 2.45) is 5.92 Å². The van der Waals surface area contributed by atoms with Gasteiger partial charge in [0, 0.05) is 11.3 Å². The minimum atomic E-state index is -3.77. The highest BCUT2D eigenvalue weighted by atomic mass is 32.2. The number of hydrazine groups is 1. The number of hydrogen-bond acceptors (Lipinski definition) is 4. The lowest BCUT2D eigenvalue weighted by atomic mass is 10.2. The molecule has 3 N–H and O–H groups in total. The Labute approximate surface area is 135 Å². The van der Waals surface area contributed by atoms with Gasteiger partial charge >= 0.3 is 0 Å². The van der Waals surface area contributed by atoms with Gasteiger partial charge in [0.25, 0.3) is 5.91 Å². The summed E-state index contributed by atoms with van der Waals surface area (Å²) < 4.78 is 26.0. The first-order valence-corrected chi connectivity index (χ1v) is 8.77. The number of rotatable bonds is 6. The molecule has 2 rings (SSSR count). The molecule has 1 atom stereocenters. The zero-order chi connectivity index (χ0) is 16.9. The van der Waals surface area contributed by atoms with E-state index >= 15 is 0 Å². The molecule has 1 fully saturated rings. The summed E-state index contributed by atoms with van der Waals surface area (Å²) in [6.45, 7) is 1.40. The van der Waals surface area contributed by atoms with Gasteiger partial charge in [-0.15, -0.1) is 0 Å². The SMILES string of the molecule is CC(NS(=O)(=O)C=Cc1ccccc1)C(=O)NNC(=O)C1CC1. The molecule has 23 heavy (non-hydrogen) atoms. The zero-order valence-corrected chi connectivity index (χ0v) is 13.5. The Kier molecular flexibility index (Phi) is 5.51. The van der Waals surface area contributed by atoms with Gasteiger partial charge in [-0.25, -0.2) is 8.42 Å². The van der Waals surface area contributed by atoms with Crippen LogP contribution in [0.5, 0.6) is 0 Å². The van der Waals surface area contributed by atoms with Crippen molar-refractivity contribution in [3.8, 4) is 0 Å². The second-order valence-corrected chi connectivity index (χ2v) is 6.95. The third kappa shape index (κ3) is 5.84. The second-order valence-electron chi connectivity index (χ2n) is 5.35. The predicted molar refractivity (Wildman–Crippen MR) is 86.0 cm³/mol. The first-order chi connectivity index (χ1) is 10.9. The number of sulfonamides is 1. The van der Waals surface area contributed by atoms with Gasteiger partial charge in [-0.3, -0.25) is 20.4 Å². The topological polar surface area (TPSA) is 104 Å². The monoisotopic (exact) mass is 337 g/mol. The van der Waals surface area contributed by atoms with Crippen LogP contribution >= 0.6 is 0 Å². The highest BCUT2D eigenvalue weighted by Crippen LogP contribution is 2.28. The van der Waals surface area contributed by atoms with Crippen LogP contribution in [0.25, 0.3) is 6.08 Å². The smallest absolute Gasteiger partial charge is 0.256 e. The van der Waals surface area contributed by atoms with Crippen LogP contribution in [0.4, 0.5) is 0 Å². The van der Waals surface area contributed by atoms with Crippen molar-refractivity contribution < 1.29 is 18.0 Å². The van der Waals surface area contributed by atoms with Crippen LogP contribution in [0.15, 0.2) is 35.7 Å². The molecule has 7 nitrogen and oxygen atoms in total. The van der Waals surface area contributed by atoms with Crippen LogP contribution in [0, 0.1) is 5.92 Å². The van der Waals surface area contributed by atoms with E-state index in [0.717, 1.165) is 23.8 Å². The van der Waals surface area contributed by atoms with E-state index in [1.807, 2.05) is 6.07 Å². The van der Waals surface area contributed by atoms with Crippen molar-refractivity contribution >= 4 is 27.9 Å². The Balaban J connectivity index is 1.84. The third-order valence-corrected chi connectivity index (χ3v) is 4.41. The molecule has 1 saturated carbocycles. The Morgan fingerprint density at radius 3 is 2.43 bits per heavy atom. The van der Waals surface area contributed by atoms with Gasteiger partial charge < -0.3 is 0 Å². The fourth-order valence-electron chi connectivity index (χ4n) is 1.75. The maximum Gasteiger partial charge on any atom is 0.256 e.